The minimum Gasteiger partial charge on any atom is -0.106 e. The van der Waals surface area contributed by atoms with Crippen LogP contribution in [0.3, 0.4) is 0 Å². The zero-order chi connectivity index (χ0) is 16.1. The Kier molecular flexibility index (Phi) is 6.03. The standard InChI is InChI=1S/C22H34/c1-5-12-21(4)14-9-20(10-15-21)11-18-22(13-6-2)16-7-19(3)8-17-22/h19-20H,7-11,14-18H2,1-4H3. The minimum atomic E-state index is 0.298. The predicted octanol–water partition coefficient (Wildman–Crippen LogP) is 6.21. The van der Waals surface area contributed by atoms with Crippen molar-refractivity contribution in [3.8, 4) is 23.7 Å². The fraction of sp³-hybridized carbons (Fsp3) is 0.818. The Labute approximate surface area is 138 Å². The summed E-state index contributed by atoms with van der Waals surface area (Å²) >= 11 is 0. The van der Waals surface area contributed by atoms with E-state index >= 15 is 0 Å². The van der Waals surface area contributed by atoms with E-state index in [4.69, 9.17) is 0 Å². The average molecular weight is 299 g/mol. The molecule has 0 saturated heterocycles. The summed E-state index contributed by atoms with van der Waals surface area (Å²) < 4.78 is 0. The molecule has 0 N–H and O–H groups in total. The largest absolute Gasteiger partial charge is 0.106 e. The second-order valence-corrected chi connectivity index (χ2v) is 8.26. The molecule has 2 rings (SSSR count). The van der Waals surface area contributed by atoms with Crippen molar-refractivity contribution in [1.82, 2.24) is 0 Å². The summed E-state index contributed by atoms with van der Waals surface area (Å²) in [6, 6.07) is 0. The van der Waals surface area contributed by atoms with Crippen molar-refractivity contribution in [3.63, 3.8) is 0 Å². The molecule has 0 aromatic rings. The van der Waals surface area contributed by atoms with Gasteiger partial charge in [-0.25, -0.2) is 0 Å². The van der Waals surface area contributed by atoms with Crippen molar-refractivity contribution in [2.24, 2.45) is 22.7 Å². The van der Waals surface area contributed by atoms with Gasteiger partial charge in [0.2, 0.25) is 0 Å². The minimum absolute atomic E-state index is 0.298. The van der Waals surface area contributed by atoms with Crippen LogP contribution in [0.4, 0.5) is 0 Å². The van der Waals surface area contributed by atoms with Gasteiger partial charge in [-0.05, 0) is 96.8 Å². The van der Waals surface area contributed by atoms with Crippen LogP contribution < -0.4 is 0 Å². The van der Waals surface area contributed by atoms with Gasteiger partial charge < -0.3 is 0 Å². The molecule has 0 aliphatic heterocycles. The maximum Gasteiger partial charge on any atom is 0.0315 e. The molecule has 0 spiro atoms. The van der Waals surface area contributed by atoms with Crippen molar-refractivity contribution in [2.45, 2.75) is 91.9 Å². The molecule has 0 radical (unpaired) electrons. The smallest absolute Gasteiger partial charge is 0.0315 e. The third-order valence-corrected chi connectivity index (χ3v) is 6.29. The van der Waals surface area contributed by atoms with Gasteiger partial charge in [-0.3, -0.25) is 0 Å². The fourth-order valence-corrected chi connectivity index (χ4v) is 4.53. The maximum absolute atomic E-state index is 3.62. The molecule has 2 aliphatic rings. The SMILES string of the molecule is CC#CC1(C)CCC(CCC2(C#CC)CCC(C)CC2)CC1. The molecular weight excluding hydrogens is 264 g/mol. The molecule has 2 saturated carbocycles. The highest BCUT2D eigenvalue weighted by atomic mass is 14.4. The molecule has 0 nitrogen and oxygen atoms in total. The van der Waals surface area contributed by atoms with Gasteiger partial charge in [-0.1, -0.05) is 18.8 Å². The van der Waals surface area contributed by atoms with Crippen LogP contribution in [-0.2, 0) is 0 Å². The quantitative estimate of drug-likeness (QED) is 0.544. The topological polar surface area (TPSA) is 0 Å². The summed E-state index contributed by atoms with van der Waals surface area (Å²) in [5.74, 6) is 15.3. The highest BCUT2D eigenvalue weighted by molar-refractivity contribution is 5.13. The lowest BCUT2D eigenvalue weighted by atomic mass is 9.66. The van der Waals surface area contributed by atoms with Crippen LogP contribution in [0.5, 0.6) is 0 Å². The van der Waals surface area contributed by atoms with E-state index in [1.165, 1.54) is 64.2 Å². The van der Waals surface area contributed by atoms with Crippen molar-refractivity contribution in [3.05, 3.63) is 0 Å². The summed E-state index contributed by atoms with van der Waals surface area (Å²) in [7, 11) is 0. The van der Waals surface area contributed by atoms with Crippen LogP contribution in [-0.4, -0.2) is 0 Å². The zero-order valence-corrected chi connectivity index (χ0v) is 15.2. The van der Waals surface area contributed by atoms with Crippen molar-refractivity contribution < 1.29 is 0 Å². The first-order chi connectivity index (χ1) is 10.5. The summed E-state index contributed by atoms with van der Waals surface area (Å²) in [4.78, 5) is 0. The summed E-state index contributed by atoms with van der Waals surface area (Å²) in [6.45, 7) is 8.76. The Bertz CT molecular complexity index is 460. The van der Waals surface area contributed by atoms with Crippen LogP contribution >= 0.6 is 0 Å². The Morgan fingerprint density at radius 1 is 0.864 bits per heavy atom. The van der Waals surface area contributed by atoms with Gasteiger partial charge in [0.15, 0.2) is 0 Å². The third kappa shape index (κ3) is 4.56. The second kappa shape index (κ2) is 7.59. The lowest BCUT2D eigenvalue weighted by Gasteiger charge is -2.38. The first-order valence-electron chi connectivity index (χ1n) is 9.39. The van der Waals surface area contributed by atoms with Gasteiger partial charge in [0.05, 0.1) is 0 Å². The molecule has 0 amide bonds. The van der Waals surface area contributed by atoms with Gasteiger partial charge >= 0.3 is 0 Å². The second-order valence-electron chi connectivity index (χ2n) is 8.26. The van der Waals surface area contributed by atoms with E-state index in [0.29, 0.717) is 10.8 Å². The van der Waals surface area contributed by atoms with E-state index in [2.05, 4.69) is 37.5 Å². The van der Waals surface area contributed by atoms with Gasteiger partial charge in [0.1, 0.15) is 0 Å². The Morgan fingerprint density at radius 3 is 2.00 bits per heavy atom. The molecule has 0 heterocycles. The zero-order valence-electron chi connectivity index (χ0n) is 15.2. The van der Waals surface area contributed by atoms with Crippen molar-refractivity contribution in [2.75, 3.05) is 0 Å². The summed E-state index contributed by atoms with van der Waals surface area (Å²) in [5, 5.41) is 0. The maximum atomic E-state index is 3.62. The summed E-state index contributed by atoms with van der Waals surface area (Å²) in [5.41, 5.74) is 0.650. The Balaban J connectivity index is 1.86. The van der Waals surface area contributed by atoms with E-state index in [-0.39, 0.29) is 0 Å². The Hall–Kier alpha value is -0.880. The van der Waals surface area contributed by atoms with Crippen LogP contribution in [0.15, 0.2) is 0 Å². The van der Waals surface area contributed by atoms with Crippen molar-refractivity contribution >= 4 is 0 Å². The number of hydrogen-bond donors (Lipinski definition) is 0. The van der Waals surface area contributed by atoms with E-state index < -0.39 is 0 Å². The first kappa shape index (κ1) is 17.5. The monoisotopic (exact) mass is 298 g/mol. The number of hydrogen-bond acceptors (Lipinski definition) is 0. The van der Waals surface area contributed by atoms with E-state index in [9.17, 15) is 0 Å². The van der Waals surface area contributed by atoms with E-state index in [1.54, 1.807) is 0 Å². The predicted molar refractivity (Wildman–Crippen MR) is 96.3 cm³/mol. The molecule has 0 bridgehead atoms. The normalized spacial score (nSPS) is 38.4. The molecule has 122 valence electrons. The molecular formula is C22H34. The molecule has 2 aliphatic carbocycles. The molecule has 0 unspecified atom stereocenters. The van der Waals surface area contributed by atoms with Crippen LogP contribution in [0.1, 0.15) is 91.9 Å². The van der Waals surface area contributed by atoms with Gasteiger partial charge in [0, 0.05) is 10.8 Å². The fourth-order valence-electron chi connectivity index (χ4n) is 4.53. The lowest BCUT2D eigenvalue weighted by molar-refractivity contribution is 0.168. The molecule has 22 heavy (non-hydrogen) atoms. The lowest BCUT2D eigenvalue weighted by Crippen LogP contribution is -2.28. The number of rotatable bonds is 3. The molecule has 0 aromatic heterocycles. The Morgan fingerprint density at radius 2 is 1.45 bits per heavy atom. The van der Waals surface area contributed by atoms with Crippen molar-refractivity contribution in [1.29, 1.82) is 0 Å². The van der Waals surface area contributed by atoms with E-state index in [1.807, 2.05) is 13.8 Å². The molecule has 0 aromatic carbocycles. The van der Waals surface area contributed by atoms with Gasteiger partial charge in [-0.15, -0.1) is 11.8 Å². The van der Waals surface area contributed by atoms with E-state index in [0.717, 1.165) is 11.8 Å². The van der Waals surface area contributed by atoms with Crippen LogP contribution in [0.2, 0.25) is 0 Å². The van der Waals surface area contributed by atoms with Crippen LogP contribution in [0, 0.1) is 46.3 Å². The van der Waals surface area contributed by atoms with Crippen LogP contribution in [0.25, 0.3) is 0 Å². The molecule has 2 fully saturated rings. The average Bonchev–Trinajstić information content (AvgIpc) is 2.50. The third-order valence-electron chi connectivity index (χ3n) is 6.29. The highest BCUT2D eigenvalue weighted by Crippen LogP contribution is 2.45. The molecule has 0 heteroatoms. The summed E-state index contributed by atoms with van der Waals surface area (Å²) in [6.07, 6.45) is 13.5. The van der Waals surface area contributed by atoms with Gasteiger partial charge in [0.25, 0.3) is 0 Å². The highest BCUT2D eigenvalue weighted by Gasteiger charge is 2.35. The first-order valence-corrected chi connectivity index (χ1v) is 9.39. The van der Waals surface area contributed by atoms with Gasteiger partial charge in [-0.2, -0.15) is 0 Å². The molecule has 0 atom stereocenters.